The zero-order valence-electron chi connectivity index (χ0n) is 18.3. The predicted molar refractivity (Wildman–Crippen MR) is 125 cm³/mol. The summed E-state index contributed by atoms with van der Waals surface area (Å²) >= 11 is 1.27. The first-order valence-electron chi connectivity index (χ1n) is 10.6. The third-order valence-electron chi connectivity index (χ3n) is 5.63. The van der Waals surface area contributed by atoms with Gasteiger partial charge in [0.15, 0.2) is 0 Å². The zero-order valence-corrected chi connectivity index (χ0v) is 19.1. The molecule has 5 rings (SSSR count). The summed E-state index contributed by atoms with van der Waals surface area (Å²) in [6.45, 7) is 1.13. The highest BCUT2D eigenvalue weighted by Crippen LogP contribution is 2.30. The van der Waals surface area contributed by atoms with E-state index in [4.69, 9.17) is 0 Å². The summed E-state index contributed by atoms with van der Waals surface area (Å²) in [5.41, 5.74) is 2.40. The van der Waals surface area contributed by atoms with E-state index < -0.39 is 12.6 Å². The van der Waals surface area contributed by atoms with Crippen LogP contribution in [-0.2, 0) is 6.54 Å². The number of aryl methyl sites for hydroxylation is 1. The number of thiophene rings is 1. The van der Waals surface area contributed by atoms with Gasteiger partial charge in [-0.2, -0.15) is 13.9 Å². The molecule has 2 aromatic carbocycles. The van der Waals surface area contributed by atoms with E-state index in [1.165, 1.54) is 23.5 Å². The summed E-state index contributed by atoms with van der Waals surface area (Å²) < 4.78 is 43.4. The van der Waals surface area contributed by atoms with Gasteiger partial charge in [-0.15, -0.1) is 11.3 Å². The van der Waals surface area contributed by atoms with Gasteiger partial charge in [-0.25, -0.2) is 9.37 Å². The molecular formula is C24H20F3N5OS. The largest absolute Gasteiger partial charge is 0.342 e. The standard InChI is InChI=1S/C24H20F3N5OS/c1-13-17-11-20(34-23(17)31(30-13)12-15-7-9-16(25)10-8-15)22(33)28-14(2)21-29-18-5-3-4-6-19(18)32(21)24(26)27/h3-11,14,24H,12H2,1-2H3,(H,28,33). The molecule has 6 nitrogen and oxygen atoms in total. The fraction of sp³-hybridized carbons (Fsp3) is 0.208. The SMILES string of the molecule is Cc1nn(Cc2ccc(F)cc2)c2sc(C(=O)NC(C)c3nc4ccccc4n3C(F)F)cc12. The summed E-state index contributed by atoms with van der Waals surface area (Å²) in [6, 6.07) is 13.8. The average molecular weight is 484 g/mol. The lowest BCUT2D eigenvalue weighted by molar-refractivity contribution is 0.0688. The number of rotatable bonds is 6. The molecule has 3 aromatic heterocycles. The minimum Gasteiger partial charge on any atom is -0.342 e. The molecule has 1 atom stereocenters. The van der Waals surface area contributed by atoms with Gasteiger partial charge in [-0.3, -0.25) is 14.0 Å². The molecule has 10 heteroatoms. The van der Waals surface area contributed by atoms with Crippen LogP contribution < -0.4 is 5.32 Å². The number of fused-ring (bicyclic) bond motifs is 2. The van der Waals surface area contributed by atoms with Crippen LogP contribution in [0.25, 0.3) is 21.3 Å². The van der Waals surface area contributed by atoms with Crippen molar-refractivity contribution in [2.45, 2.75) is 33.0 Å². The Hall–Kier alpha value is -3.66. The number of para-hydroxylation sites is 2. The van der Waals surface area contributed by atoms with Crippen molar-refractivity contribution in [1.82, 2.24) is 24.6 Å². The monoisotopic (exact) mass is 483 g/mol. The third-order valence-corrected chi connectivity index (χ3v) is 6.78. The van der Waals surface area contributed by atoms with Crippen LogP contribution in [0.1, 0.15) is 46.3 Å². The van der Waals surface area contributed by atoms with Gasteiger partial charge in [0.05, 0.1) is 34.2 Å². The number of nitrogens with zero attached hydrogens (tertiary/aromatic N) is 4. The van der Waals surface area contributed by atoms with Crippen LogP contribution in [0.3, 0.4) is 0 Å². The number of hydrogen-bond donors (Lipinski definition) is 1. The number of benzene rings is 2. The van der Waals surface area contributed by atoms with Crippen LogP contribution in [0.4, 0.5) is 13.2 Å². The maximum absolute atomic E-state index is 13.8. The lowest BCUT2D eigenvalue weighted by Crippen LogP contribution is -2.28. The Balaban J connectivity index is 1.41. The van der Waals surface area contributed by atoms with Crippen molar-refractivity contribution in [3.8, 4) is 0 Å². The van der Waals surface area contributed by atoms with Gasteiger partial charge >= 0.3 is 6.55 Å². The molecule has 1 amide bonds. The summed E-state index contributed by atoms with van der Waals surface area (Å²) in [6.07, 6.45) is 0. The second-order valence-corrected chi connectivity index (χ2v) is 9.03. The Kier molecular flexibility index (Phi) is 5.60. The molecule has 5 aromatic rings. The van der Waals surface area contributed by atoms with Crippen molar-refractivity contribution in [2.75, 3.05) is 0 Å². The quantitative estimate of drug-likeness (QED) is 0.331. The Morgan fingerprint density at radius 3 is 2.62 bits per heavy atom. The molecule has 0 fully saturated rings. The lowest BCUT2D eigenvalue weighted by atomic mass is 10.2. The van der Waals surface area contributed by atoms with Crippen molar-refractivity contribution in [3.05, 3.63) is 82.4 Å². The zero-order chi connectivity index (χ0) is 24.0. The van der Waals surface area contributed by atoms with Crippen molar-refractivity contribution in [1.29, 1.82) is 0 Å². The van der Waals surface area contributed by atoms with Crippen LogP contribution in [0.5, 0.6) is 0 Å². The molecule has 0 aliphatic heterocycles. The van der Waals surface area contributed by atoms with E-state index >= 15 is 0 Å². The molecule has 0 bridgehead atoms. The Bertz CT molecular complexity index is 1500. The molecule has 3 heterocycles. The van der Waals surface area contributed by atoms with Gasteiger partial charge in [-0.1, -0.05) is 24.3 Å². The van der Waals surface area contributed by atoms with Crippen molar-refractivity contribution in [3.63, 3.8) is 0 Å². The van der Waals surface area contributed by atoms with Gasteiger partial charge in [0.25, 0.3) is 5.91 Å². The number of nitrogens with one attached hydrogen (secondary N) is 1. The Morgan fingerprint density at radius 2 is 1.88 bits per heavy atom. The fourth-order valence-electron chi connectivity index (χ4n) is 4.00. The van der Waals surface area contributed by atoms with Crippen molar-refractivity contribution < 1.29 is 18.0 Å². The fourth-order valence-corrected chi connectivity index (χ4v) is 5.06. The molecule has 34 heavy (non-hydrogen) atoms. The number of alkyl halides is 2. The van der Waals surface area contributed by atoms with E-state index in [1.807, 2.05) is 6.92 Å². The van der Waals surface area contributed by atoms with Crippen LogP contribution in [-0.4, -0.2) is 25.2 Å². The molecule has 174 valence electrons. The first-order chi connectivity index (χ1) is 16.3. The van der Waals surface area contributed by atoms with Gasteiger partial charge < -0.3 is 5.32 Å². The summed E-state index contributed by atoms with van der Waals surface area (Å²) in [4.78, 5) is 18.6. The van der Waals surface area contributed by atoms with Gasteiger partial charge in [-0.05, 0) is 49.7 Å². The van der Waals surface area contributed by atoms with Crippen molar-refractivity contribution >= 4 is 38.5 Å². The molecule has 0 saturated heterocycles. The summed E-state index contributed by atoms with van der Waals surface area (Å²) in [5, 5.41) is 8.17. The molecule has 0 radical (unpaired) electrons. The van der Waals surface area contributed by atoms with E-state index in [1.54, 1.807) is 54.1 Å². The number of amides is 1. The highest BCUT2D eigenvalue weighted by atomic mass is 32.1. The summed E-state index contributed by atoms with van der Waals surface area (Å²) in [5.74, 6) is -0.603. The topological polar surface area (TPSA) is 64.7 Å². The first-order valence-corrected chi connectivity index (χ1v) is 11.4. The van der Waals surface area contributed by atoms with Gasteiger partial charge in [0.2, 0.25) is 0 Å². The molecule has 0 spiro atoms. The average Bonchev–Trinajstić information content (AvgIpc) is 3.49. The number of hydrogen-bond acceptors (Lipinski definition) is 4. The second kappa shape index (κ2) is 8.60. The normalized spacial score (nSPS) is 12.6. The van der Waals surface area contributed by atoms with Gasteiger partial charge in [0.1, 0.15) is 16.5 Å². The van der Waals surface area contributed by atoms with E-state index in [2.05, 4.69) is 15.4 Å². The Labute approximate surface area is 196 Å². The van der Waals surface area contributed by atoms with Crippen LogP contribution in [0, 0.1) is 12.7 Å². The van der Waals surface area contributed by atoms with Crippen LogP contribution >= 0.6 is 11.3 Å². The molecule has 1 N–H and O–H groups in total. The van der Waals surface area contributed by atoms with E-state index in [0.29, 0.717) is 22.5 Å². The van der Waals surface area contributed by atoms with Gasteiger partial charge in [0, 0.05) is 5.39 Å². The molecular weight excluding hydrogens is 463 g/mol. The molecule has 0 aliphatic carbocycles. The molecule has 0 aliphatic rings. The molecule has 0 saturated carbocycles. The third kappa shape index (κ3) is 3.94. The number of aromatic nitrogens is 4. The highest BCUT2D eigenvalue weighted by molar-refractivity contribution is 7.20. The Morgan fingerprint density at radius 1 is 1.15 bits per heavy atom. The maximum atomic E-state index is 13.8. The van der Waals surface area contributed by atoms with E-state index in [9.17, 15) is 18.0 Å². The molecule has 1 unspecified atom stereocenters. The number of carbonyl (C=O) groups is 1. The number of carbonyl (C=O) groups excluding carboxylic acids is 1. The summed E-state index contributed by atoms with van der Waals surface area (Å²) in [7, 11) is 0. The first kappa shape index (κ1) is 22.1. The minimum atomic E-state index is -2.79. The number of imidazole rings is 1. The smallest absolute Gasteiger partial charge is 0.320 e. The number of halogens is 3. The second-order valence-electron chi connectivity index (χ2n) is 8.00. The predicted octanol–water partition coefficient (Wildman–Crippen LogP) is 5.83. The highest BCUT2D eigenvalue weighted by Gasteiger charge is 2.24. The van der Waals surface area contributed by atoms with E-state index in [0.717, 1.165) is 26.0 Å². The van der Waals surface area contributed by atoms with Crippen LogP contribution in [0.15, 0.2) is 54.6 Å². The van der Waals surface area contributed by atoms with Crippen molar-refractivity contribution in [2.24, 2.45) is 0 Å². The maximum Gasteiger partial charge on any atom is 0.320 e. The van der Waals surface area contributed by atoms with Crippen LogP contribution in [0.2, 0.25) is 0 Å². The van der Waals surface area contributed by atoms with E-state index in [-0.39, 0.29) is 17.5 Å². The minimum absolute atomic E-state index is 0.0873. The lowest BCUT2D eigenvalue weighted by Gasteiger charge is -2.15.